The van der Waals surface area contributed by atoms with Crippen LogP contribution in [0.2, 0.25) is 0 Å². The topological polar surface area (TPSA) is 9.23 Å². The van der Waals surface area contributed by atoms with Crippen LogP contribution in [0.4, 0.5) is 0 Å². The molecule has 36 heavy (non-hydrogen) atoms. The highest BCUT2D eigenvalue weighted by Crippen LogP contribution is 2.52. The molecule has 1 nitrogen and oxygen atoms in total. The second-order valence-electron chi connectivity index (χ2n) is 9.73. The van der Waals surface area contributed by atoms with E-state index in [0.717, 1.165) is 17.9 Å². The van der Waals surface area contributed by atoms with Gasteiger partial charge in [0.1, 0.15) is 11.5 Å². The van der Waals surface area contributed by atoms with E-state index in [-0.39, 0.29) is 5.41 Å². The number of para-hydroxylation sites is 2. The third-order valence-electron chi connectivity index (χ3n) is 7.83. The van der Waals surface area contributed by atoms with E-state index in [1.54, 1.807) is 0 Å². The van der Waals surface area contributed by atoms with E-state index < -0.39 is 0 Å². The molecular weight excluding hydrogens is 456 g/mol. The highest BCUT2D eigenvalue weighted by molar-refractivity contribution is 7.26. The molecule has 0 radical (unpaired) electrons. The number of hydrogen-bond donors (Lipinski definition) is 0. The first-order valence-corrected chi connectivity index (χ1v) is 13.4. The van der Waals surface area contributed by atoms with Gasteiger partial charge in [0, 0.05) is 36.7 Å². The van der Waals surface area contributed by atoms with Gasteiger partial charge in [0.25, 0.3) is 0 Å². The summed E-state index contributed by atoms with van der Waals surface area (Å²) in [5, 5.41) is 2.66. The third kappa shape index (κ3) is 3.01. The van der Waals surface area contributed by atoms with Gasteiger partial charge in [-0.2, -0.15) is 0 Å². The van der Waals surface area contributed by atoms with Crippen LogP contribution in [0.5, 0.6) is 11.5 Å². The van der Waals surface area contributed by atoms with Crippen molar-refractivity contribution in [3.63, 3.8) is 0 Å². The van der Waals surface area contributed by atoms with Crippen LogP contribution in [-0.4, -0.2) is 0 Å². The van der Waals surface area contributed by atoms with E-state index >= 15 is 0 Å². The molecule has 1 aliphatic rings. The molecule has 174 valence electrons. The largest absolute Gasteiger partial charge is 0.457 e. The minimum Gasteiger partial charge on any atom is -0.457 e. The van der Waals surface area contributed by atoms with E-state index in [1.165, 1.54) is 53.6 Å². The van der Waals surface area contributed by atoms with Crippen molar-refractivity contribution in [3.8, 4) is 22.6 Å². The summed E-state index contributed by atoms with van der Waals surface area (Å²) in [5.41, 5.74) is 7.47. The highest BCUT2D eigenvalue weighted by atomic mass is 32.1. The van der Waals surface area contributed by atoms with Crippen molar-refractivity contribution in [2.45, 2.75) is 25.7 Å². The monoisotopic (exact) mass is 482 g/mol. The summed E-state index contributed by atoms with van der Waals surface area (Å²) in [6.45, 7) is 4.58. The number of thiophene rings is 1. The molecule has 7 rings (SSSR count). The van der Waals surface area contributed by atoms with Gasteiger partial charge in [-0.05, 0) is 59.9 Å². The fraction of sp³-hybridized carbons (Fsp3) is 0.118. The molecule has 0 saturated carbocycles. The van der Waals surface area contributed by atoms with Gasteiger partial charge in [-0.1, -0.05) is 91.9 Å². The van der Waals surface area contributed by atoms with Gasteiger partial charge in [0.15, 0.2) is 0 Å². The number of rotatable bonds is 3. The molecule has 1 aromatic heterocycles. The first kappa shape index (κ1) is 21.4. The Morgan fingerprint density at radius 1 is 0.667 bits per heavy atom. The minimum absolute atomic E-state index is 0.305. The van der Waals surface area contributed by atoms with Gasteiger partial charge >= 0.3 is 0 Å². The van der Waals surface area contributed by atoms with Gasteiger partial charge in [-0.15, -0.1) is 11.3 Å². The minimum atomic E-state index is -0.305. The van der Waals surface area contributed by atoms with E-state index in [2.05, 4.69) is 123 Å². The Morgan fingerprint density at radius 3 is 2.08 bits per heavy atom. The van der Waals surface area contributed by atoms with Gasteiger partial charge < -0.3 is 4.74 Å². The molecule has 0 fully saturated rings. The zero-order valence-electron chi connectivity index (χ0n) is 20.4. The molecule has 0 aliphatic carbocycles. The molecule has 1 aliphatic heterocycles. The molecule has 0 atom stereocenters. The van der Waals surface area contributed by atoms with E-state index in [1.807, 2.05) is 11.3 Å². The molecule has 0 bridgehead atoms. The predicted octanol–water partition coefficient (Wildman–Crippen LogP) is 9.74. The second kappa shape index (κ2) is 8.08. The van der Waals surface area contributed by atoms with Crippen molar-refractivity contribution in [2.75, 3.05) is 0 Å². The van der Waals surface area contributed by atoms with Crippen molar-refractivity contribution in [2.24, 2.45) is 0 Å². The number of aryl methyl sites for hydroxylation is 1. The lowest BCUT2D eigenvalue weighted by Crippen LogP contribution is -2.29. The molecular formula is C34H26OS. The number of fused-ring (bicyclic) bond motifs is 5. The predicted molar refractivity (Wildman–Crippen MR) is 153 cm³/mol. The van der Waals surface area contributed by atoms with Crippen molar-refractivity contribution in [1.29, 1.82) is 0 Å². The molecule has 0 N–H and O–H groups in total. The fourth-order valence-electron chi connectivity index (χ4n) is 5.92. The Hall–Kier alpha value is -3.88. The van der Waals surface area contributed by atoms with Crippen LogP contribution in [-0.2, 0) is 11.8 Å². The molecule has 0 amide bonds. The van der Waals surface area contributed by atoms with Crippen LogP contribution in [0.15, 0.2) is 109 Å². The standard InChI is InChI=1S/C34H26OS/c1-3-22-11-4-5-12-24(22)25-13-10-14-26-27-21-23(19-20-32(27)36-33(25)26)34(2)28-15-6-8-17-30(28)35-31-18-9-7-16-29(31)34/h4-21H,3H2,1-2H3. The Bertz CT molecular complexity index is 1730. The third-order valence-corrected chi connectivity index (χ3v) is 9.05. The quantitative estimate of drug-likeness (QED) is 0.244. The lowest BCUT2D eigenvalue weighted by molar-refractivity contribution is 0.427. The molecule has 0 unspecified atom stereocenters. The Labute approximate surface area is 215 Å². The summed E-state index contributed by atoms with van der Waals surface area (Å²) >= 11 is 1.90. The summed E-state index contributed by atoms with van der Waals surface area (Å²) in [4.78, 5) is 0. The molecule has 0 spiro atoms. The number of hydrogen-bond acceptors (Lipinski definition) is 2. The van der Waals surface area contributed by atoms with Gasteiger partial charge in [-0.25, -0.2) is 0 Å². The summed E-state index contributed by atoms with van der Waals surface area (Å²) < 4.78 is 9.02. The summed E-state index contributed by atoms with van der Waals surface area (Å²) in [5.74, 6) is 1.87. The first-order valence-electron chi connectivity index (χ1n) is 12.6. The van der Waals surface area contributed by atoms with Gasteiger partial charge in [0.05, 0.1) is 0 Å². The lowest BCUT2D eigenvalue weighted by Gasteiger charge is -2.38. The van der Waals surface area contributed by atoms with Crippen LogP contribution in [0.3, 0.4) is 0 Å². The lowest BCUT2D eigenvalue weighted by atomic mass is 9.69. The number of ether oxygens (including phenoxy) is 1. The molecule has 5 aromatic carbocycles. The van der Waals surface area contributed by atoms with Crippen LogP contribution in [0.25, 0.3) is 31.3 Å². The summed E-state index contributed by atoms with van der Waals surface area (Å²) in [6.07, 6.45) is 1.03. The maximum atomic E-state index is 6.33. The Kier molecular flexibility index (Phi) is 4.80. The van der Waals surface area contributed by atoms with E-state index in [0.29, 0.717) is 0 Å². The molecule has 6 aromatic rings. The number of benzene rings is 5. The van der Waals surface area contributed by atoms with Crippen LogP contribution >= 0.6 is 11.3 Å². The van der Waals surface area contributed by atoms with Crippen molar-refractivity contribution in [3.05, 3.63) is 131 Å². The fourth-order valence-corrected chi connectivity index (χ4v) is 7.14. The average Bonchev–Trinajstić information content (AvgIpc) is 3.31. The average molecular weight is 483 g/mol. The first-order chi connectivity index (χ1) is 17.7. The highest BCUT2D eigenvalue weighted by Gasteiger charge is 2.39. The Morgan fingerprint density at radius 2 is 1.33 bits per heavy atom. The zero-order chi connectivity index (χ0) is 24.3. The SMILES string of the molecule is CCc1ccccc1-c1cccc2c1sc1ccc(C3(C)c4ccccc4Oc4ccccc43)cc12. The summed E-state index contributed by atoms with van der Waals surface area (Å²) in [6, 6.07) is 39.6. The zero-order valence-corrected chi connectivity index (χ0v) is 21.2. The van der Waals surface area contributed by atoms with Gasteiger partial charge in [-0.3, -0.25) is 0 Å². The van der Waals surface area contributed by atoms with Crippen LogP contribution in [0.1, 0.15) is 36.1 Å². The van der Waals surface area contributed by atoms with Crippen LogP contribution in [0, 0.1) is 0 Å². The van der Waals surface area contributed by atoms with Crippen molar-refractivity contribution in [1.82, 2.24) is 0 Å². The maximum absolute atomic E-state index is 6.33. The smallest absolute Gasteiger partial charge is 0.131 e. The summed E-state index contributed by atoms with van der Waals surface area (Å²) in [7, 11) is 0. The van der Waals surface area contributed by atoms with E-state index in [4.69, 9.17) is 4.74 Å². The molecule has 2 heteroatoms. The second-order valence-corrected chi connectivity index (χ2v) is 10.8. The van der Waals surface area contributed by atoms with Crippen molar-refractivity contribution >= 4 is 31.5 Å². The molecule has 2 heterocycles. The Balaban J connectivity index is 1.49. The van der Waals surface area contributed by atoms with E-state index in [9.17, 15) is 0 Å². The molecule has 0 saturated heterocycles. The van der Waals surface area contributed by atoms with Crippen LogP contribution < -0.4 is 4.74 Å². The van der Waals surface area contributed by atoms with Crippen molar-refractivity contribution < 1.29 is 4.74 Å². The normalized spacial score (nSPS) is 13.8. The van der Waals surface area contributed by atoms with Gasteiger partial charge in [0.2, 0.25) is 0 Å². The maximum Gasteiger partial charge on any atom is 0.131 e.